The molecule has 2 aliphatic rings. The number of nitro benzene ring substituents is 1. The smallest absolute Gasteiger partial charge is 0.292 e. The van der Waals surface area contributed by atoms with Gasteiger partial charge in [0.25, 0.3) is 5.69 Å². The Morgan fingerprint density at radius 1 is 1.07 bits per heavy atom. The Labute approximate surface area is 172 Å². The highest BCUT2D eigenvalue weighted by atomic mass is 16.6. The van der Waals surface area contributed by atoms with Crippen molar-refractivity contribution in [1.82, 2.24) is 0 Å². The topological polar surface area (TPSA) is 107 Å². The maximum atomic E-state index is 13.2. The highest BCUT2D eigenvalue weighted by Gasteiger charge is 2.53. The van der Waals surface area contributed by atoms with Crippen LogP contribution in [0.25, 0.3) is 0 Å². The minimum atomic E-state index is -1.44. The molecule has 2 aromatic rings. The number of rotatable bonds is 6. The normalized spacial score (nSPS) is 23.7. The fraction of sp³-hybridized carbons (Fsp3) is 0.318. The molecule has 2 fully saturated rings. The first-order chi connectivity index (χ1) is 14.5. The average molecular weight is 408 g/mol. The van der Waals surface area contributed by atoms with Crippen molar-refractivity contribution in [2.24, 2.45) is 0 Å². The van der Waals surface area contributed by atoms with Gasteiger partial charge in [0.1, 0.15) is 5.69 Å². The van der Waals surface area contributed by atoms with Crippen LogP contribution in [0, 0.1) is 10.1 Å². The van der Waals surface area contributed by atoms with Gasteiger partial charge in [-0.3, -0.25) is 24.5 Å². The summed E-state index contributed by atoms with van der Waals surface area (Å²) < 4.78 is 5.63. The Morgan fingerprint density at radius 2 is 1.77 bits per heavy atom. The Morgan fingerprint density at radius 3 is 2.43 bits per heavy atom. The molecule has 0 spiro atoms. The molecule has 0 amide bonds. The van der Waals surface area contributed by atoms with E-state index in [2.05, 4.69) is 0 Å². The SMILES string of the molecule is O=C1C(=O)[C@@H](C[C@@H]2CCCO2)N(c2ccccc2[N+](=O)[O-])C1C(=O)c1ccccc1. The minimum Gasteiger partial charge on any atom is -0.378 e. The van der Waals surface area contributed by atoms with Gasteiger partial charge in [0.2, 0.25) is 11.6 Å². The number of carbonyl (C=O) groups is 3. The fourth-order valence-electron chi connectivity index (χ4n) is 4.18. The number of hydrogen-bond acceptors (Lipinski definition) is 7. The Bertz CT molecular complexity index is 1000. The van der Waals surface area contributed by atoms with Crippen molar-refractivity contribution in [3.8, 4) is 0 Å². The summed E-state index contributed by atoms with van der Waals surface area (Å²) in [4.78, 5) is 51.5. The number of hydrogen-bond donors (Lipinski definition) is 0. The number of Topliss-reactive ketones (excluding diaryl/α,β-unsaturated/α-hetero) is 3. The van der Waals surface area contributed by atoms with E-state index in [9.17, 15) is 24.5 Å². The van der Waals surface area contributed by atoms with Crippen LogP contribution >= 0.6 is 0 Å². The van der Waals surface area contributed by atoms with Crippen molar-refractivity contribution >= 4 is 28.7 Å². The van der Waals surface area contributed by atoms with E-state index in [1.807, 2.05) is 0 Å². The summed E-state index contributed by atoms with van der Waals surface area (Å²) in [6, 6.07) is 11.6. The molecule has 2 aromatic carbocycles. The van der Waals surface area contributed by atoms with Crippen LogP contribution in [0.1, 0.15) is 29.6 Å². The van der Waals surface area contributed by atoms with Crippen molar-refractivity contribution in [2.45, 2.75) is 37.5 Å². The molecule has 2 aliphatic heterocycles. The molecule has 2 heterocycles. The van der Waals surface area contributed by atoms with Crippen molar-refractivity contribution in [2.75, 3.05) is 11.5 Å². The van der Waals surface area contributed by atoms with Crippen molar-refractivity contribution in [3.63, 3.8) is 0 Å². The van der Waals surface area contributed by atoms with Gasteiger partial charge >= 0.3 is 0 Å². The number of nitro groups is 1. The molecular formula is C22H20N2O6. The van der Waals surface area contributed by atoms with Crippen molar-refractivity contribution < 1.29 is 24.0 Å². The van der Waals surface area contributed by atoms with Gasteiger partial charge in [-0.25, -0.2) is 0 Å². The predicted octanol–water partition coefficient (Wildman–Crippen LogP) is 2.74. The third-order valence-electron chi connectivity index (χ3n) is 5.58. The molecular weight excluding hydrogens is 388 g/mol. The largest absolute Gasteiger partial charge is 0.378 e. The van der Waals surface area contributed by atoms with E-state index in [-0.39, 0.29) is 29.5 Å². The van der Waals surface area contributed by atoms with Crippen LogP contribution in [0.2, 0.25) is 0 Å². The summed E-state index contributed by atoms with van der Waals surface area (Å²) in [6.45, 7) is 0.567. The lowest BCUT2D eigenvalue weighted by Crippen LogP contribution is -2.44. The van der Waals surface area contributed by atoms with E-state index in [1.165, 1.54) is 23.1 Å². The molecule has 8 heteroatoms. The van der Waals surface area contributed by atoms with E-state index in [0.717, 1.165) is 12.8 Å². The van der Waals surface area contributed by atoms with Gasteiger partial charge in [-0.2, -0.15) is 0 Å². The van der Waals surface area contributed by atoms with Gasteiger partial charge in [-0.05, 0) is 18.9 Å². The molecule has 8 nitrogen and oxygen atoms in total. The Hall–Kier alpha value is -3.39. The van der Waals surface area contributed by atoms with E-state index in [1.54, 1.807) is 36.4 Å². The van der Waals surface area contributed by atoms with Gasteiger partial charge in [0, 0.05) is 24.7 Å². The lowest BCUT2D eigenvalue weighted by atomic mass is 10.0. The fourth-order valence-corrected chi connectivity index (χ4v) is 4.18. The average Bonchev–Trinajstić information content (AvgIpc) is 3.36. The maximum absolute atomic E-state index is 13.2. The molecule has 3 atom stereocenters. The van der Waals surface area contributed by atoms with Gasteiger partial charge < -0.3 is 9.64 Å². The van der Waals surface area contributed by atoms with Gasteiger partial charge in [0.15, 0.2) is 11.8 Å². The van der Waals surface area contributed by atoms with Crippen LogP contribution in [0.15, 0.2) is 54.6 Å². The second kappa shape index (κ2) is 8.16. The molecule has 4 rings (SSSR count). The number of benzene rings is 2. The predicted molar refractivity (Wildman–Crippen MR) is 108 cm³/mol. The first kappa shape index (κ1) is 19.9. The Balaban J connectivity index is 1.81. The number of ketones is 3. The molecule has 2 saturated heterocycles. The van der Waals surface area contributed by atoms with Crippen molar-refractivity contribution in [3.05, 3.63) is 70.3 Å². The number of ether oxygens (including phenoxy) is 1. The Kier molecular flexibility index (Phi) is 5.41. The summed E-state index contributed by atoms with van der Waals surface area (Å²) >= 11 is 0. The van der Waals surface area contributed by atoms with Gasteiger partial charge in [-0.15, -0.1) is 0 Å². The summed E-state index contributed by atoms with van der Waals surface area (Å²) in [5, 5.41) is 11.6. The molecule has 0 aromatic heterocycles. The number of anilines is 1. The highest BCUT2D eigenvalue weighted by Crippen LogP contribution is 2.37. The van der Waals surface area contributed by atoms with Crippen LogP contribution in [-0.2, 0) is 14.3 Å². The minimum absolute atomic E-state index is 0.0824. The number of carbonyl (C=O) groups excluding carboxylic acids is 3. The molecule has 0 aliphatic carbocycles. The number of nitrogens with zero attached hydrogens (tertiary/aromatic N) is 2. The van der Waals surface area contributed by atoms with Crippen LogP contribution in [0.3, 0.4) is 0 Å². The molecule has 0 saturated carbocycles. The number of para-hydroxylation sites is 2. The van der Waals surface area contributed by atoms with Crippen LogP contribution < -0.4 is 4.90 Å². The second-order valence-electron chi connectivity index (χ2n) is 7.40. The summed E-state index contributed by atoms with van der Waals surface area (Å²) in [7, 11) is 0. The molecule has 1 unspecified atom stereocenters. The van der Waals surface area contributed by atoms with Gasteiger partial charge in [-0.1, -0.05) is 42.5 Å². The lowest BCUT2D eigenvalue weighted by Gasteiger charge is -2.30. The molecule has 0 bridgehead atoms. The van der Waals surface area contributed by atoms with Crippen molar-refractivity contribution in [1.29, 1.82) is 0 Å². The first-order valence-corrected chi connectivity index (χ1v) is 9.79. The zero-order valence-electron chi connectivity index (χ0n) is 16.1. The van der Waals surface area contributed by atoms with Crippen LogP contribution in [0.5, 0.6) is 0 Å². The first-order valence-electron chi connectivity index (χ1n) is 9.79. The molecule has 0 radical (unpaired) electrons. The summed E-state index contributed by atoms with van der Waals surface area (Å²) in [5.74, 6) is -2.11. The maximum Gasteiger partial charge on any atom is 0.292 e. The molecule has 154 valence electrons. The third kappa shape index (κ3) is 3.50. The summed E-state index contributed by atoms with van der Waals surface area (Å²) in [5.41, 5.74) is 0.0900. The van der Waals surface area contributed by atoms with E-state index < -0.39 is 34.4 Å². The monoisotopic (exact) mass is 408 g/mol. The van der Waals surface area contributed by atoms with E-state index in [4.69, 9.17) is 4.74 Å². The summed E-state index contributed by atoms with van der Waals surface area (Å²) in [6.07, 6.45) is 1.55. The third-order valence-corrected chi connectivity index (χ3v) is 5.58. The highest BCUT2D eigenvalue weighted by molar-refractivity contribution is 6.50. The van der Waals surface area contributed by atoms with Crippen LogP contribution in [0.4, 0.5) is 11.4 Å². The quantitative estimate of drug-likeness (QED) is 0.238. The lowest BCUT2D eigenvalue weighted by molar-refractivity contribution is -0.384. The van der Waals surface area contributed by atoms with E-state index in [0.29, 0.717) is 6.61 Å². The van der Waals surface area contributed by atoms with Gasteiger partial charge in [0.05, 0.1) is 17.1 Å². The van der Waals surface area contributed by atoms with Crippen LogP contribution in [-0.4, -0.2) is 47.1 Å². The second-order valence-corrected chi connectivity index (χ2v) is 7.40. The standard InChI is InChI=1S/C22H20N2O6/c25-20(14-7-2-1-3-8-14)19-22(27)21(26)18(13-15-9-6-12-30-15)23(19)16-10-4-5-11-17(16)24(28)29/h1-5,7-8,10-11,15,18-19H,6,9,12-13H2/t15-,18+,19?/m0/s1. The molecule has 30 heavy (non-hydrogen) atoms. The molecule has 0 N–H and O–H groups in total. The zero-order valence-corrected chi connectivity index (χ0v) is 16.1. The zero-order chi connectivity index (χ0) is 21.3. The van der Waals surface area contributed by atoms with E-state index >= 15 is 0 Å².